The fourth-order valence-electron chi connectivity index (χ4n) is 2.65. The van der Waals surface area contributed by atoms with Gasteiger partial charge in [0.2, 0.25) is 10.0 Å². The maximum absolute atomic E-state index is 12.9. The highest BCUT2D eigenvalue weighted by atomic mass is 32.2. The van der Waals surface area contributed by atoms with E-state index in [0.717, 1.165) is 5.56 Å². The van der Waals surface area contributed by atoms with Gasteiger partial charge in [-0.05, 0) is 36.1 Å². The highest BCUT2D eigenvalue weighted by Crippen LogP contribution is 2.28. The zero-order valence-electron chi connectivity index (χ0n) is 15.0. The summed E-state index contributed by atoms with van der Waals surface area (Å²) in [5, 5.41) is 13.6. The second-order valence-electron chi connectivity index (χ2n) is 6.12. The minimum atomic E-state index is -3.97. The molecule has 0 amide bonds. The van der Waals surface area contributed by atoms with Gasteiger partial charge < -0.3 is 0 Å². The molecular weight excluding hydrogens is 396 g/mol. The Morgan fingerprint density at radius 2 is 1.75 bits per heavy atom. The first-order chi connectivity index (χ1) is 13.4. The number of rotatable bonds is 7. The number of nitrogens with zero attached hydrogens (tertiary/aromatic N) is 1. The summed E-state index contributed by atoms with van der Waals surface area (Å²) in [6, 6.07) is 17.2. The fraction of sp³-hybridized carbons (Fsp3) is 0.100. The lowest BCUT2D eigenvalue weighted by atomic mass is 10.0. The largest absolute Gasteiger partial charge is 0.269 e. The Hall–Kier alpha value is -2.81. The molecule has 28 heavy (non-hydrogen) atoms. The normalized spacial score (nSPS) is 13.2. The average Bonchev–Trinajstić information content (AvgIpc) is 3.19. The zero-order chi connectivity index (χ0) is 20.1. The SMILES string of the molecule is Cc1ccc(S(=O)(=O)NC(/C(=C\c2cccs2)[N+](=O)[O-])c2ccccc2)cc1. The molecule has 1 aromatic heterocycles. The first kappa shape index (κ1) is 19.9. The molecule has 0 aliphatic rings. The molecule has 1 unspecified atom stereocenters. The molecule has 0 bridgehead atoms. The third-order valence-corrected chi connectivity index (χ3v) is 6.34. The summed E-state index contributed by atoms with van der Waals surface area (Å²) in [4.78, 5) is 12.0. The van der Waals surface area contributed by atoms with E-state index < -0.39 is 21.0 Å². The molecule has 0 saturated heterocycles. The Morgan fingerprint density at radius 1 is 1.07 bits per heavy atom. The molecule has 0 aliphatic carbocycles. The van der Waals surface area contributed by atoms with Gasteiger partial charge in [0.25, 0.3) is 5.70 Å². The molecule has 1 heterocycles. The molecule has 0 spiro atoms. The van der Waals surface area contributed by atoms with Gasteiger partial charge in [0.1, 0.15) is 6.04 Å². The lowest BCUT2D eigenvalue weighted by Crippen LogP contribution is -2.32. The molecule has 3 rings (SSSR count). The van der Waals surface area contributed by atoms with Crippen LogP contribution < -0.4 is 4.72 Å². The van der Waals surface area contributed by atoms with Crippen LogP contribution in [0.3, 0.4) is 0 Å². The number of hydrogen-bond acceptors (Lipinski definition) is 5. The van der Waals surface area contributed by atoms with Crippen LogP contribution in [0.5, 0.6) is 0 Å². The van der Waals surface area contributed by atoms with Crippen LogP contribution in [0.25, 0.3) is 6.08 Å². The van der Waals surface area contributed by atoms with Gasteiger partial charge in [-0.25, -0.2) is 8.42 Å². The third-order valence-electron chi connectivity index (χ3n) is 4.08. The lowest BCUT2D eigenvalue weighted by Gasteiger charge is -2.17. The van der Waals surface area contributed by atoms with Gasteiger partial charge in [0.05, 0.1) is 9.82 Å². The summed E-state index contributed by atoms with van der Waals surface area (Å²) < 4.78 is 28.3. The van der Waals surface area contributed by atoms with Crippen molar-refractivity contribution in [1.82, 2.24) is 4.72 Å². The van der Waals surface area contributed by atoms with Crippen LogP contribution in [0.2, 0.25) is 0 Å². The van der Waals surface area contributed by atoms with Gasteiger partial charge in [-0.1, -0.05) is 54.1 Å². The van der Waals surface area contributed by atoms with Gasteiger partial charge in [0.15, 0.2) is 0 Å². The van der Waals surface area contributed by atoms with Crippen molar-refractivity contribution in [2.45, 2.75) is 17.9 Å². The van der Waals surface area contributed by atoms with Gasteiger partial charge in [-0.15, -0.1) is 11.3 Å². The number of benzene rings is 2. The second-order valence-corrected chi connectivity index (χ2v) is 8.81. The van der Waals surface area contributed by atoms with E-state index in [9.17, 15) is 18.5 Å². The fourth-order valence-corrected chi connectivity index (χ4v) is 4.50. The Balaban J connectivity index is 2.07. The highest BCUT2D eigenvalue weighted by molar-refractivity contribution is 7.89. The van der Waals surface area contributed by atoms with Crippen molar-refractivity contribution >= 4 is 27.4 Å². The molecule has 0 radical (unpaired) electrons. The number of nitro groups is 1. The Bertz CT molecular complexity index is 1080. The van der Waals surface area contributed by atoms with E-state index in [1.54, 1.807) is 60.0 Å². The smallest absolute Gasteiger partial charge is 0.259 e. The molecule has 2 aromatic carbocycles. The first-order valence-electron chi connectivity index (χ1n) is 8.40. The first-order valence-corrected chi connectivity index (χ1v) is 10.8. The zero-order valence-corrected chi connectivity index (χ0v) is 16.6. The number of aryl methyl sites for hydroxylation is 1. The van der Waals surface area contributed by atoms with E-state index in [4.69, 9.17) is 0 Å². The van der Waals surface area contributed by atoms with Crippen molar-refractivity contribution in [1.29, 1.82) is 0 Å². The Labute approximate surface area is 167 Å². The summed E-state index contributed by atoms with van der Waals surface area (Å²) in [6.45, 7) is 1.85. The molecule has 0 saturated carbocycles. The maximum atomic E-state index is 12.9. The Morgan fingerprint density at radius 3 is 2.32 bits per heavy atom. The minimum Gasteiger partial charge on any atom is -0.259 e. The van der Waals surface area contributed by atoms with Crippen LogP contribution in [-0.4, -0.2) is 13.3 Å². The predicted octanol–water partition coefficient (Wildman–Crippen LogP) is 4.39. The highest BCUT2D eigenvalue weighted by Gasteiger charge is 2.31. The molecular formula is C20H18N2O4S2. The molecule has 1 atom stereocenters. The van der Waals surface area contributed by atoms with E-state index in [-0.39, 0.29) is 10.6 Å². The summed E-state index contributed by atoms with van der Waals surface area (Å²) in [7, 11) is -3.97. The summed E-state index contributed by atoms with van der Waals surface area (Å²) in [6.07, 6.45) is 1.40. The van der Waals surface area contributed by atoms with E-state index in [1.807, 2.05) is 6.92 Å². The van der Waals surface area contributed by atoms with E-state index in [1.165, 1.54) is 29.5 Å². The summed E-state index contributed by atoms with van der Waals surface area (Å²) in [5.74, 6) is 0. The van der Waals surface area contributed by atoms with Crippen molar-refractivity contribution in [3.63, 3.8) is 0 Å². The second kappa shape index (κ2) is 8.47. The molecule has 3 aromatic rings. The van der Waals surface area contributed by atoms with Crippen molar-refractivity contribution in [3.8, 4) is 0 Å². The topological polar surface area (TPSA) is 89.3 Å². The van der Waals surface area contributed by atoms with Crippen LogP contribution in [0.15, 0.2) is 82.7 Å². The van der Waals surface area contributed by atoms with E-state index in [0.29, 0.717) is 10.4 Å². The molecule has 144 valence electrons. The van der Waals surface area contributed by atoms with Gasteiger partial charge in [0, 0.05) is 11.0 Å². The predicted molar refractivity (Wildman–Crippen MR) is 110 cm³/mol. The van der Waals surface area contributed by atoms with Gasteiger partial charge in [-0.3, -0.25) is 10.1 Å². The summed E-state index contributed by atoms with van der Waals surface area (Å²) >= 11 is 1.34. The standard InChI is InChI=1S/C20H18N2O4S2/c1-15-9-11-18(12-10-15)28(25,26)21-20(16-6-3-2-4-7-16)19(22(23)24)14-17-8-5-13-27-17/h2-14,20-21H,1H3/b19-14+. The number of thiophene rings is 1. The van der Waals surface area contributed by atoms with Gasteiger partial charge in [-0.2, -0.15) is 4.72 Å². The summed E-state index contributed by atoms with van der Waals surface area (Å²) in [5.41, 5.74) is 1.16. The number of nitrogens with one attached hydrogen (secondary N) is 1. The molecule has 8 heteroatoms. The van der Waals surface area contributed by atoms with Gasteiger partial charge >= 0.3 is 0 Å². The Kier molecular flexibility index (Phi) is 6.03. The van der Waals surface area contributed by atoms with Crippen LogP contribution in [-0.2, 0) is 10.0 Å². The van der Waals surface area contributed by atoms with E-state index >= 15 is 0 Å². The van der Waals surface area contributed by atoms with Crippen molar-refractivity contribution in [3.05, 3.63) is 104 Å². The van der Waals surface area contributed by atoms with Crippen molar-refractivity contribution in [2.24, 2.45) is 0 Å². The van der Waals surface area contributed by atoms with Crippen molar-refractivity contribution < 1.29 is 13.3 Å². The quantitative estimate of drug-likeness (QED) is 0.458. The molecule has 1 N–H and O–H groups in total. The van der Waals surface area contributed by atoms with E-state index in [2.05, 4.69) is 4.72 Å². The van der Waals surface area contributed by atoms with Crippen molar-refractivity contribution in [2.75, 3.05) is 0 Å². The van der Waals surface area contributed by atoms with Crippen LogP contribution in [0.4, 0.5) is 0 Å². The molecule has 0 aliphatic heterocycles. The third kappa shape index (κ3) is 4.72. The monoisotopic (exact) mass is 414 g/mol. The average molecular weight is 415 g/mol. The number of hydrogen-bond donors (Lipinski definition) is 1. The maximum Gasteiger partial charge on any atom is 0.269 e. The molecule has 0 fully saturated rings. The van der Waals surface area contributed by atoms with Crippen LogP contribution in [0, 0.1) is 17.0 Å². The minimum absolute atomic E-state index is 0.0536. The number of sulfonamides is 1. The lowest BCUT2D eigenvalue weighted by molar-refractivity contribution is -0.429. The van der Waals surface area contributed by atoms with Crippen LogP contribution in [0.1, 0.15) is 22.0 Å². The van der Waals surface area contributed by atoms with Crippen LogP contribution >= 0.6 is 11.3 Å². The molecule has 6 nitrogen and oxygen atoms in total.